The van der Waals surface area contributed by atoms with Crippen LogP contribution in [0.15, 0.2) is 12.3 Å². The van der Waals surface area contributed by atoms with Crippen molar-refractivity contribution in [3.05, 3.63) is 23.0 Å². The second-order valence-electron chi connectivity index (χ2n) is 2.40. The lowest BCUT2D eigenvalue weighted by Crippen LogP contribution is -2.34. The van der Waals surface area contributed by atoms with Crippen LogP contribution in [-0.2, 0) is 4.65 Å². The van der Waals surface area contributed by atoms with Gasteiger partial charge in [-0.25, -0.2) is 4.98 Å². The van der Waals surface area contributed by atoms with Gasteiger partial charge in [-0.05, 0) is 24.0 Å². The van der Waals surface area contributed by atoms with Gasteiger partial charge in [-0.1, -0.05) is 11.6 Å². The summed E-state index contributed by atoms with van der Waals surface area (Å²) < 4.78 is 4.74. The molecule has 0 atom stereocenters. The Labute approximate surface area is 76.5 Å². The van der Waals surface area contributed by atoms with Crippen molar-refractivity contribution in [1.82, 2.24) is 4.98 Å². The van der Waals surface area contributed by atoms with Crippen LogP contribution in [0.5, 0.6) is 0 Å². The third-order valence-corrected chi connectivity index (χ3v) is 2.05. The van der Waals surface area contributed by atoms with Gasteiger partial charge >= 0.3 is 7.12 Å². The zero-order valence-corrected chi connectivity index (χ0v) is 7.67. The van der Waals surface area contributed by atoms with Crippen molar-refractivity contribution in [2.24, 2.45) is 0 Å². The summed E-state index contributed by atoms with van der Waals surface area (Å²) in [5, 5.41) is 9.72. The Morgan fingerprint density at radius 2 is 2.33 bits per heavy atom. The largest absolute Gasteiger partial charge is 0.491 e. The summed E-state index contributed by atoms with van der Waals surface area (Å²) in [5.74, 6) is 0. The van der Waals surface area contributed by atoms with E-state index in [1.807, 2.05) is 0 Å². The van der Waals surface area contributed by atoms with E-state index in [1.54, 1.807) is 13.0 Å². The Kier molecular flexibility index (Phi) is 3.09. The average molecular weight is 185 g/mol. The highest BCUT2D eigenvalue weighted by Crippen LogP contribution is 2.07. The zero-order valence-electron chi connectivity index (χ0n) is 6.91. The Hall–Kier alpha value is -0.575. The number of hydrogen-bond acceptors (Lipinski definition) is 3. The molecule has 1 N–H and O–H groups in total. The van der Waals surface area contributed by atoms with Crippen molar-refractivity contribution >= 4 is 24.2 Å². The summed E-state index contributed by atoms with van der Waals surface area (Å²) in [5.41, 5.74) is 1.39. The van der Waals surface area contributed by atoms with Crippen molar-refractivity contribution < 1.29 is 9.68 Å². The van der Waals surface area contributed by atoms with Crippen molar-refractivity contribution in [2.75, 3.05) is 7.11 Å². The van der Waals surface area contributed by atoms with Crippen LogP contribution in [0, 0.1) is 6.92 Å². The molecular weight excluding hydrogens is 176 g/mol. The van der Waals surface area contributed by atoms with Gasteiger partial charge < -0.3 is 9.68 Å². The zero-order chi connectivity index (χ0) is 9.14. The Bertz CT molecular complexity index is 282. The first-order valence-corrected chi connectivity index (χ1v) is 3.86. The minimum Gasteiger partial charge on any atom is -0.423 e. The minimum absolute atomic E-state index is 0.392. The number of pyridine rings is 1. The molecule has 0 saturated heterocycles. The third kappa shape index (κ3) is 1.77. The molecule has 64 valence electrons. The van der Waals surface area contributed by atoms with Crippen LogP contribution in [0.25, 0.3) is 0 Å². The van der Waals surface area contributed by atoms with Gasteiger partial charge in [-0.3, -0.25) is 0 Å². The van der Waals surface area contributed by atoms with Crippen molar-refractivity contribution in [3.8, 4) is 0 Å². The predicted octanol–water partition coefficient (Wildman–Crippen LogP) is 0.377. The normalized spacial score (nSPS) is 10.0. The fourth-order valence-corrected chi connectivity index (χ4v) is 1.08. The molecule has 12 heavy (non-hydrogen) atoms. The number of aromatic nitrogens is 1. The summed E-state index contributed by atoms with van der Waals surface area (Å²) >= 11 is 5.74. The Morgan fingerprint density at radius 3 is 2.92 bits per heavy atom. The average Bonchev–Trinajstić information content (AvgIpc) is 2.08. The van der Waals surface area contributed by atoms with E-state index in [9.17, 15) is 5.02 Å². The minimum atomic E-state index is -0.925. The molecule has 0 aliphatic carbocycles. The quantitative estimate of drug-likeness (QED) is 0.535. The molecule has 0 spiro atoms. The summed E-state index contributed by atoms with van der Waals surface area (Å²) in [4.78, 5) is 3.85. The van der Waals surface area contributed by atoms with Gasteiger partial charge in [0.05, 0.1) is 0 Å². The monoisotopic (exact) mass is 185 g/mol. The van der Waals surface area contributed by atoms with Gasteiger partial charge in [0.1, 0.15) is 5.15 Å². The lowest BCUT2D eigenvalue weighted by atomic mass is 9.78. The van der Waals surface area contributed by atoms with Crippen LogP contribution in [-0.4, -0.2) is 24.2 Å². The fourth-order valence-electron chi connectivity index (χ4n) is 0.918. The van der Waals surface area contributed by atoms with Gasteiger partial charge in [0.2, 0.25) is 0 Å². The van der Waals surface area contributed by atoms with Crippen LogP contribution in [0.3, 0.4) is 0 Å². The summed E-state index contributed by atoms with van der Waals surface area (Å²) in [7, 11) is 0.504. The van der Waals surface area contributed by atoms with Crippen LogP contribution in [0.1, 0.15) is 5.56 Å². The lowest BCUT2D eigenvalue weighted by molar-refractivity contribution is 0.341. The van der Waals surface area contributed by atoms with E-state index in [4.69, 9.17) is 16.3 Å². The molecule has 0 aromatic carbocycles. The first kappa shape index (κ1) is 9.51. The van der Waals surface area contributed by atoms with Gasteiger partial charge in [0.25, 0.3) is 0 Å². The van der Waals surface area contributed by atoms with E-state index in [1.165, 1.54) is 13.3 Å². The fraction of sp³-hybridized carbons (Fsp3) is 0.286. The number of hydrogen-bond donors (Lipinski definition) is 1. The van der Waals surface area contributed by atoms with E-state index in [-0.39, 0.29) is 0 Å². The standard InChI is InChI=1S/C7H9BClNO2/c1-5-6(8(11)12-2)3-4-10-7(5)9/h3-4,11H,1-2H3. The van der Waals surface area contributed by atoms with E-state index in [2.05, 4.69) is 4.98 Å². The van der Waals surface area contributed by atoms with E-state index in [0.29, 0.717) is 10.6 Å². The van der Waals surface area contributed by atoms with Crippen LogP contribution < -0.4 is 5.46 Å². The highest BCUT2D eigenvalue weighted by Gasteiger charge is 2.18. The maximum absolute atomic E-state index is 9.33. The number of rotatable bonds is 2. The first-order chi connectivity index (χ1) is 5.66. The highest BCUT2D eigenvalue weighted by atomic mass is 35.5. The SMILES string of the molecule is COB(O)c1ccnc(Cl)c1C. The third-order valence-electron chi connectivity index (χ3n) is 1.67. The Morgan fingerprint density at radius 1 is 1.67 bits per heavy atom. The summed E-state index contributed by atoms with van der Waals surface area (Å²) in [6.07, 6.45) is 1.53. The van der Waals surface area contributed by atoms with Gasteiger partial charge in [-0.2, -0.15) is 0 Å². The molecular formula is C7H9BClNO2. The smallest absolute Gasteiger partial charge is 0.423 e. The van der Waals surface area contributed by atoms with Crippen molar-refractivity contribution in [2.45, 2.75) is 6.92 Å². The van der Waals surface area contributed by atoms with Crippen molar-refractivity contribution in [1.29, 1.82) is 0 Å². The number of halogens is 1. The second kappa shape index (κ2) is 3.89. The van der Waals surface area contributed by atoms with Crippen LogP contribution in [0.2, 0.25) is 5.15 Å². The molecule has 0 fully saturated rings. The van der Waals surface area contributed by atoms with Crippen molar-refractivity contribution in [3.63, 3.8) is 0 Å². The predicted molar refractivity (Wildman–Crippen MR) is 48.6 cm³/mol. The molecule has 3 nitrogen and oxygen atoms in total. The Balaban J connectivity index is 3.07. The molecule has 0 radical (unpaired) electrons. The molecule has 0 amide bonds. The van der Waals surface area contributed by atoms with Crippen LogP contribution >= 0.6 is 11.6 Å². The topological polar surface area (TPSA) is 42.4 Å². The highest BCUT2D eigenvalue weighted by molar-refractivity contribution is 6.60. The van der Waals surface area contributed by atoms with E-state index >= 15 is 0 Å². The molecule has 0 aliphatic rings. The molecule has 1 aromatic heterocycles. The van der Waals surface area contributed by atoms with Gasteiger partial charge in [-0.15, -0.1) is 0 Å². The first-order valence-electron chi connectivity index (χ1n) is 3.48. The van der Waals surface area contributed by atoms with Gasteiger partial charge in [0.15, 0.2) is 0 Å². The van der Waals surface area contributed by atoms with Crippen LogP contribution in [0.4, 0.5) is 0 Å². The molecule has 5 heteroatoms. The lowest BCUT2D eigenvalue weighted by Gasteiger charge is -2.07. The molecule has 0 aliphatic heterocycles. The molecule has 0 unspecified atom stereocenters. The maximum atomic E-state index is 9.33. The van der Waals surface area contributed by atoms with E-state index < -0.39 is 7.12 Å². The molecule has 1 rings (SSSR count). The molecule has 1 aromatic rings. The van der Waals surface area contributed by atoms with Gasteiger partial charge in [0, 0.05) is 13.3 Å². The summed E-state index contributed by atoms with van der Waals surface area (Å²) in [6, 6.07) is 1.68. The molecule has 1 heterocycles. The maximum Gasteiger partial charge on any atom is 0.491 e. The summed E-state index contributed by atoms with van der Waals surface area (Å²) in [6.45, 7) is 1.78. The number of nitrogens with zero attached hydrogens (tertiary/aromatic N) is 1. The second-order valence-corrected chi connectivity index (χ2v) is 2.76. The molecule has 0 bridgehead atoms. The molecule has 0 saturated carbocycles. The van der Waals surface area contributed by atoms with E-state index in [0.717, 1.165) is 5.56 Å².